The number of rotatable bonds is 11. The fraction of sp³-hybridized carbons (Fsp3) is 0.696. The second kappa shape index (κ2) is 15.8. The Bertz CT molecular complexity index is 585. The monoisotopic (exact) mass is 532 g/mol. The van der Waals surface area contributed by atoms with Gasteiger partial charge in [0, 0.05) is 53.6 Å². The molecule has 30 heavy (non-hydrogen) atoms. The van der Waals surface area contributed by atoms with Crippen LogP contribution in [0, 0.1) is 0 Å². The summed E-state index contributed by atoms with van der Waals surface area (Å²) in [5.74, 6) is 0.982. The summed E-state index contributed by atoms with van der Waals surface area (Å²) < 4.78 is 11.0. The zero-order valence-corrected chi connectivity index (χ0v) is 21.6. The molecule has 0 spiro atoms. The molecule has 0 bridgehead atoms. The average molecular weight is 533 g/mol. The Hall–Kier alpha value is -0.900. The minimum absolute atomic E-state index is 0. The number of likely N-dealkylation sites (tertiary alicyclic amines) is 1. The summed E-state index contributed by atoms with van der Waals surface area (Å²) in [7, 11) is 3.60. The number of piperidine rings is 1. The number of benzene rings is 1. The van der Waals surface area contributed by atoms with Gasteiger partial charge in [0.2, 0.25) is 0 Å². The van der Waals surface area contributed by atoms with Gasteiger partial charge in [-0.05, 0) is 43.5 Å². The van der Waals surface area contributed by atoms with Crippen LogP contribution in [0.2, 0.25) is 0 Å². The summed E-state index contributed by atoms with van der Waals surface area (Å²) in [4.78, 5) is 9.25. The normalized spacial score (nSPS) is 15.4. The van der Waals surface area contributed by atoms with Gasteiger partial charge in [-0.25, -0.2) is 0 Å². The first-order valence-electron chi connectivity index (χ1n) is 11.1. The number of hydrogen-bond acceptors (Lipinski definition) is 4. The average Bonchev–Trinajstić information content (AvgIpc) is 2.77. The van der Waals surface area contributed by atoms with E-state index in [0.717, 1.165) is 77.7 Å². The molecule has 172 valence electrons. The lowest BCUT2D eigenvalue weighted by atomic mass is 10.1. The van der Waals surface area contributed by atoms with E-state index in [4.69, 9.17) is 9.47 Å². The lowest BCUT2D eigenvalue weighted by Crippen LogP contribution is -2.46. The second-order valence-electron chi connectivity index (χ2n) is 7.58. The van der Waals surface area contributed by atoms with E-state index >= 15 is 0 Å². The van der Waals surface area contributed by atoms with Crippen LogP contribution in [0.3, 0.4) is 0 Å². The summed E-state index contributed by atoms with van der Waals surface area (Å²) in [5, 5.41) is 3.52. The van der Waals surface area contributed by atoms with E-state index in [1.165, 1.54) is 11.1 Å². The molecule has 0 amide bonds. The molecule has 1 fully saturated rings. The lowest BCUT2D eigenvalue weighted by Gasteiger charge is -2.34. The van der Waals surface area contributed by atoms with Gasteiger partial charge < -0.3 is 19.7 Å². The zero-order chi connectivity index (χ0) is 20.9. The number of nitrogens with one attached hydrogen (secondary N) is 1. The zero-order valence-electron chi connectivity index (χ0n) is 19.2. The van der Waals surface area contributed by atoms with Gasteiger partial charge in [0.05, 0.1) is 6.10 Å². The van der Waals surface area contributed by atoms with Crippen LogP contribution in [0.15, 0.2) is 29.3 Å². The highest BCUT2D eigenvalue weighted by molar-refractivity contribution is 14.0. The smallest absolute Gasteiger partial charge is 0.193 e. The van der Waals surface area contributed by atoms with E-state index in [1.807, 2.05) is 7.05 Å². The molecule has 0 radical (unpaired) electrons. The lowest BCUT2D eigenvalue weighted by molar-refractivity contribution is 0.00989. The maximum absolute atomic E-state index is 5.96. The minimum Gasteiger partial charge on any atom is -0.385 e. The van der Waals surface area contributed by atoms with Crippen molar-refractivity contribution in [1.82, 2.24) is 15.1 Å². The molecule has 6 nitrogen and oxygen atoms in total. The molecule has 0 aromatic heterocycles. The van der Waals surface area contributed by atoms with Crippen molar-refractivity contribution in [3.63, 3.8) is 0 Å². The highest BCUT2D eigenvalue weighted by Crippen LogP contribution is 2.14. The third-order valence-corrected chi connectivity index (χ3v) is 5.57. The van der Waals surface area contributed by atoms with Gasteiger partial charge in [-0.1, -0.05) is 38.1 Å². The van der Waals surface area contributed by atoms with Crippen LogP contribution in [0.5, 0.6) is 0 Å². The van der Waals surface area contributed by atoms with Crippen molar-refractivity contribution in [3.05, 3.63) is 35.4 Å². The van der Waals surface area contributed by atoms with E-state index in [9.17, 15) is 0 Å². The van der Waals surface area contributed by atoms with Gasteiger partial charge in [-0.3, -0.25) is 9.89 Å². The van der Waals surface area contributed by atoms with Crippen molar-refractivity contribution in [2.45, 2.75) is 52.3 Å². The molecule has 2 rings (SSSR count). The van der Waals surface area contributed by atoms with Crippen molar-refractivity contribution in [2.75, 3.05) is 53.6 Å². The fourth-order valence-corrected chi connectivity index (χ4v) is 3.67. The predicted octanol–water partition coefficient (Wildman–Crippen LogP) is 3.74. The van der Waals surface area contributed by atoms with E-state index in [2.05, 4.69) is 58.2 Å². The largest absolute Gasteiger partial charge is 0.385 e. The quantitative estimate of drug-likeness (QED) is 0.204. The Morgan fingerprint density at radius 1 is 1.10 bits per heavy atom. The number of nitrogens with zero attached hydrogens (tertiary/aromatic N) is 3. The number of guanidine groups is 1. The molecular weight excluding hydrogens is 491 g/mol. The standard InChI is InChI=1S/C23H40N4O2.HI/c1-5-26(6-2)19-21-10-8-20(9-11-21)18-25-23(24-3)27-14-12-22(13-15-27)29-17-7-16-28-4;/h8-11,22H,5-7,12-19H2,1-4H3,(H,24,25);1H. The summed E-state index contributed by atoms with van der Waals surface area (Å²) in [5.41, 5.74) is 2.65. The van der Waals surface area contributed by atoms with Crippen LogP contribution < -0.4 is 5.32 Å². The van der Waals surface area contributed by atoms with Crippen LogP contribution in [0.1, 0.15) is 44.2 Å². The molecule has 0 saturated carbocycles. The Balaban J connectivity index is 0.00000450. The first kappa shape index (κ1) is 27.1. The van der Waals surface area contributed by atoms with Gasteiger partial charge in [-0.15, -0.1) is 24.0 Å². The Morgan fingerprint density at radius 3 is 2.30 bits per heavy atom. The topological polar surface area (TPSA) is 49.3 Å². The van der Waals surface area contributed by atoms with Gasteiger partial charge in [0.1, 0.15) is 0 Å². The molecule has 0 unspecified atom stereocenters. The summed E-state index contributed by atoms with van der Waals surface area (Å²) in [6.07, 6.45) is 3.43. The van der Waals surface area contributed by atoms with Gasteiger partial charge in [-0.2, -0.15) is 0 Å². The van der Waals surface area contributed by atoms with Crippen LogP contribution in [-0.4, -0.2) is 75.4 Å². The molecule has 1 aliphatic heterocycles. The molecular formula is C23H41IN4O2. The molecule has 1 heterocycles. The highest BCUT2D eigenvalue weighted by atomic mass is 127. The molecule has 1 N–H and O–H groups in total. The molecule has 7 heteroatoms. The summed E-state index contributed by atoms with van der Waals surface area (Å²) >= 11 is 0. The maximum atomic E-state index is 5.96. The molecule has 1 aliphatic rings. The maximum Gasteiger partial charge on any atom is 0.193 e. The fourth-order valence-electron chi connectivity index (χ4n) is 3.67. The van der Waals surface area contributed by atoms with Crippen LogP contribution in [-0.2, 0) is 22.6 Å². The first-order valence-corrected chi connectivity index (χ1v) is 11.1. The van der Waals surface area contributed by atoms with Crippen molar-refractivity contribution in [2.24, 2.45) is 4.99 Å². The van der Waals surface area contributed by atoms with Crippen LogP contribution in [0.4, 0.5) is 0 Å². The van der Waals surface area contributed by atoms with E-state index < -0.39 is 0 Å². The molecule has 1 saturated heterocycles. The van der Waals surface area contributed by atoms with E-state index in [-0.39, 0.29) is 24.0 Å². The van der Waals surface area contributed by atoms with Gasteiger partial charge >= 0.3 is 0 Å². The predicted molar refractivity (Wildman–Crippen MR) is 136 cm³/mol. The van der Waals surface area contributed by atoms with Gasteiger partial charge in [0.25, 0.3) is 0 Å². The van der Waals surface area contributed by atoms with E-state index in [1.54, 1.807) is 7.11 Å². The van der Waals surface area contributed by atoms with E-state index in [0.29, 0.717) is 6.10 Å². The molecule has 0 atom stereocenters. The van der Waals surface area contributed by atoms with Crippen molar-refractivity contribution in [3.8, 4) is 0 Å². The summed E-state index contributed by atoms with van der Waals surface area (Å²) in [6, 6.07) is 8.92. The minimum atomic E-state index is 0. The molecule has 0 aliphatic carbocycles. The molecule has 1 aromatic carbocycles. The highest BCUT2D eigenvalue weighted by Gasteiger charge is 2.21. The third-order valence-electron chi connectivity index (χ3n) is 5.57. The number of ether oxygens (including phenoxy) is 2. The first-order chi connectivity index (χ1) is 14.2. The number of hydrogen-bond donors (Lipinski definition) is 1. The van der Waals surface area contributed by atoms with Crippen molar-refractivity contribution in [1.29, 1.82) is 0 Å². The number of methoxy groups -OCH3 is 1. The van der Waals surface area contributed by atoms with Crippen LogP contribution in [0.25, 0.3) is 0 Å². The summed E-state index contributed by atoms with van der Waals surface area (Å²) in [6.45, 7) is 11.9. The Kier molecular flexibility index (Phi) is 14.3. The number of aliphatic imine (C=N–C) groups is 1. The second-order valence-corrected chi connectivity index (χ2v) is 7.58. The Labute approximate surface area is 200 Å². The van der Waals surface area contributed by atoms with Gasteiger partial charge in [0.15, 0.2) is 5.96 Å². The van der Waals surface area contributed by atoms with Crippen molar-refractivity contribution < 1.29 is 9.47 Å². The van der Waals surface area contributed by atoms with Crippen LogP contribution >= 0.6 is 24.0 Å². The SMILES string of the molecule is CCN(CC)Cc1ccc(CNC(=NC)N2CCC(OCCCOC)CC2)cc1.I. The molecule has 1 aromatic rings. The number of halogens is 1. The third kappa shape index (κ3) is 9.49. The van der Waals surface area contributed by atoms with Crippen molar-refractivity contribution >= 4 is 29.9 Å². The Morgan fingerprint density at radius 2 is 1.73 bits per heavy atom.